The number of amides is 2. The second-order valence-electron chi connectivity index (χ2n) is 5.44. The van der Waals surface area contributed by atoms with Crippen molar-refractivity contribution in [3.8, 4) is 5.75 Å². The molecule has 8 heteroatoms. The van der Waals surface area contributed by atoms with Crippen LogP contribution in [-0.4, -0.2) is 25.1 Å². The van der Waals surface area contributed by atoms with Gasteiger partial charge in [-0.25, -0.2) is 0 Å². The molecule has 0 heterocycles. The molecule has 0 aromatic heterocycles. The second kappa shape index (κ2) is 8.88. The molecule has 2 N–H and O–H groups in total. The third-order valence-corrected chi connectivity index (χ3v) is 3.49. The van der Waals surface area contributed by atoms with Crippen LogP contribution in [0.3, 0.4) is 0 Å². The van der Waals surface area contributed by atoms with Crippen molar-refractivity contribution in [2.75, 3.05) is 12.4 Å². The van der Waals surface area contributed by atoms with Crippen molar-refractivity contribution < 1.29 is 27.5 Å². The summed E-state index contributed by atoms with van der Waals surface area (Å²) in [5.41, 5.74) is 1.40. The minimum Gasteiger partial charge on any atom is -0.497 e. The van der Waals surface area contributed by atoms with E-state index in [0.717, 1.165) is 5.56 Å². The van der Waals surface area contributed by atoms with Gasteiger partial charge in [0.2, 0.25) is 5.91 Å². The van der Waals surface area contributed by atoms with Crippen molar-refractivity contribution in [3.05, 3.63) is 65.7 Å². The molecule has 5 nitrogen and oxygen atoms in total. The summed E-state index contributed by atoms with van der Waals surface area (Å²) in [6, 6.07) is 13.3. The van der Waals surface area contributed by atoms with E-state index in [1.165, 1.54) is 25.3 Å². The molecule has 27 heavy (non-hydrogen) atoms. The van der Waals surface area contributed by atoms with Gasteiger partial charge in [0.05, 0.1) is 7.11 Å². The number of benzene rings is 2. The monoisotopic (exact) mass is 378 g/mol. The molecule has 0 unspecified atom stereocenters. The van der Waals surface area contributed by atoms with Gasteiger partial charge in [-0.3, -0.25) is 9.59 Å². The molecule has 0 bridgehead atoms. The van der Waals surface area contributed by atoms with Gasteiger partial charge in [-0.1, -0.05) is 30.3 Å². The van der Waals surface area contributed by atoms with Crippen molar-refractivity contribution in [1.82, 2.24) is 5.32 Å². The fraction of sp³-hybridized carbons (Fsp3) is 0.158. The van der Waals surface area contributed by atoms with Crippen LogP contribution in [0, 0.1) is 0 Å². The molecule has 0 aliphatic rings. The molecule has 0 aliphatic carbocycles. The number of methoxy groups -OCH3 is 1. The summed E-state index contributed by atoms with van der Waals surface area (Å²) in [5, 5.41) is 4.36. The number of rotatable bonds is 6. The Labute approximate surface area is 153 Å². The lowest BCUT2D eigenvalue weighted by Gasteiger charge is -2.12. The number of anilines is 1. The molecule has 142 valence electrons. The first kappa shape index (κ1) is 20.0. The number of alkyl halides is 3. The average Bonchev–Trinajstić information content (AvgIpc) is 2.64. The quantitative estimate of drug-likeness (QED) is 0.756. The van der Waals surface area contributed by atoms with Crippen molar-refractivity contribution in [2.45, 2.75) is 12.7 Å². The van der Waals surface area contributed by atoms with Gasteiger partial charge in [0.25, 0.3) is 0 Å². The van der Waals surface area contributed by atoms with E-state index in [0.29, 0.717) is 17.0 Å². The summed E-state index contributed by atoms with van der Waals surface area (Å²) < 4.78 is 41.9. The van der Waals surface area contributed by atoms with Gasteiger partial charge in [-0.2, -0.15) is 13.2 Å². The summed E-state index contributed by atoms with van der Waals surface area (Å²) in [4.78, 5) is 23.0. The molecule has 2 amide bonds. The Bertz CT molecular complexity index is 848. The predicted octanol–water partition coefficient (Wildman–Crippen LogP) is 3.53. The third-order valence-electron chi connectivity index (χ3n) is 3.49. The maximum Gasteiger partial charge on any atom is 0.471 e. The molecule has 0 radical (unpaired) electrons. The first-order valence-corrected chi connectivity index (χ1v) is 7.85. The highest BCUT2D eigenvalue weighted by molar-refractivity contribution is 6.02. The zero-order valence-electron chi connectivity index (χ0n) is 14.3. The SMILES string of the molecule is COc1cccc(/C=C/C(=O)Nc2ccccc2CNC(=O)C(F)(F)F)c1. The van der Waals surface area contributed by atoms with Crippen LogP contribution >= 0.6 is 0 Å². The molecule has 0 saturated carbocycles. The van der Waals surface area contributed by atoms with Crippen molar-refractivity contribution in [3.63, 3.8) is 0 Å². The van der Waals surface area contributed by atoms with E-state index >= 15 is 0 Å². The van der Waals surface area contributed by atoms with E-state index in [4.69, 9.17) is 4.74 Å². The highest BCUT2D eigenvalue weighted by Gasteiger charge is 2.38. The summed E-state index contributed by atoms with van der Waals surface area (Å²) in [7, 11) is 1.53. The highest BCUT2D eigenvalue weighted by atomic mass is 19.4. The molecule has 2 aromatic rings. The molecule has 2 aromatic carbocycles. The lowest BCUT2D eigenvalue weighted by Crippen LogP contribution is -2.36. The van der Waals surface area contributed by atoms with E-state index in [-0.39, 0.29) is 6.54 Å². The third kappa shape index (κ3) is 6.18. The molecular formula is C19H17F3N2O3. The standard InChI is InChI=1S/C19H17F3N2O3/c1-27-15-7-4-5-13(11-15)9-10-17(25)24-16-8-3-2-6-14(16)12-23-18(26)19(20,21)22/h2-11H,12H2,1H3,(H,23,26)(H,24,25)/b10-9+. The summed E-state index contributed by atoms with van der Waals surface area (Å²) >= 11 is 0. The van der Waals surface area contributed by atoms with Crippen LogP contribution in [0.5, 0.6) is 5.75 Å². The predicted molar refractivity (Wildman–Crippen MR) is 95.0 cm³/mol. The molecular weight excluding hydrogens is 361 g/mol. The minimum absolute atomic E-state index is 0.306. The Balaban J connectivity index is 2.03. The highest BCUT2D eigenvalue weighted by Crippen LogP contribution is 2.18. The largest absolute Gasteiger partial charge is 0.497 e. The van der Waals surface area contributed by atoms with Crippen LogP contribution in [0.4, 0.5) is 18.9 Å². The van der Waals surface area contributed by atoms with Gasteiger partial charge in [0, 0.05) is 18.3 Å². The second-order valence-corrected chi connectivity index (χ2v) is 5.44. The van der Waals surface area contributed by atoms with Gasteiger partial charge in [-0.05, 0) is 35.4 Å². The normalized spacial score (nSPS) is 11.3. The van der Waals surface area contributed by atoms with E-state index in [9.17, 15) is 22.8 Å². The van der Waals surface area contributed by atoms with Crippen molar-refractivity contribution in [1.29, 1.82) is 0 Å². The van der Waals surface area contributed by atoms with Crippen molar-refractivity contribution >= 4 is 23.6 Å². The van der Waals surface area contributed by atoms with Gasteiger partial charge in [0.15, 0.2) is 0 Å². The maximum atomic E-state index is 12.3. The summed E-state index contributed by atoms with van der Waals surface area (Å²) in [5.74, 6) is -1.86. The Morgan fingerprint density at radius 1 is 1.11 bits per heavy atom. The lowest BCUT2D eigenvalue weighted by atomic mass is 10.1. The molecule has 2 rings (SSSR count). The van der Waals surface area contributed by atoms with Gasteiger partial charge in [-0.15, -0.1) is 0 Å². The van der Waals surface area contributed by atoms with Crippen LogP contribution in [0.25, 0.3) is 6.08 Å². The Kier molecular flexibility index (Phi) is 6.59. The maximum absolute atomic E-state index is 12.3. The van der Waals surface area contributed by atoms with E-state index in [1.54, 1.807) is 47.8 Å². The van der Waals surface area contributed by atoms with E-state index in [1.807, 2.05) is 0 Å². The zero-order chi connectivity index (χ0) is 19.9. The summed E-state index contributed by atoms with van der Waals surface area (Å²) in [6.07, 6.45) is -2.09. The number of ether oxygens (including phenoxy) is 1. The van der Waals surface area contributed by atoms with Gasteiger partial charge in [0.1, 0.15) is 5.75 Å². The number of carbonyl (C=O) groups is 2. The fourth-order valence-electron chi connectivity index (χ4n) is 2.16. The molecule has 0 aliphatic heterocycles. The number of halogens is 3. The fourth-order valence-corrected chi connectivity index (χ4v) is 2.16. The number of para-hydroxylation sites is 1. The zero-order valence-corrected chi connectivity index (χ0v) is 14.3. The lowest BCUT2D eigenvalue weighted by molar-refractivity contribution is -0.173. The van der Waals surface area contributed by atoms with E-state index in [2.05, 4.69) is 5.32 Å². The van der Waals surface area contributed by atoms with Crippen LogP contribution in [0.2, 0.25) is 0 Å². The Morgan fingerprint density at radius 2 is 1.85 bits per heavy atom. The Morgan fingerprint density at radius 3 is 2.56 bits per heavy atom. The Hall–Kier alpha value is -3.29. The summed E-state index contributed by atoms with van der Waals surface area (Å²) in [6.45, 7) is -0.367. The molecule has 0 atom stereocenters. The minimum atomic E-state index is -4.96. The smallest absolute Gasteiger partial charge is 0.471 e. The first-order chi connectivity index (χ1) is 12.8. The average molecular weight is 378 g/mol. The van der Waals surface area contributed by atoms with Crippen molar-refractivity contribution in [2.24, 2.45) is 0 Å². The topological polar surface area (TPSA) is 67.4 Å². The number of hydrogen-bond donors (Lipinski definition) is 2. The molecule has 0 spiro atoms. The number of hydrogen-bond acceptors (Lipinski definition) is 3. The van der Waals surface area contributed by atoms with E-state index < -0.39 is 18.0 Å². The number of carbonyl (C=O) groups excluding carboxylic acids is 2. The van der Waals surface area contributed by atoms with Crippen LogP contribution < -0.4 is 15.4 Å². The number of nitrogens with one attached hydrogen (secondary N) is 2. The first-order valence-electron chi connectivity index (χ1n) is 7.85. The molecule has 0 fully saturated rings. The van der Waals surface area contributed by atoms with Gasteiger partial charge < -0.3 is 15.4 Å². The van der Waals surface area contributed by atoms with Gasteiger partial charge >= 0.3 is 12.1 Å². The van der Waals surface area contributed by atoms with Crippen LogP contribution in [0.15, 0.2) is 54.6 Å². The van der Waals surface area contributed by atoms with Crippen LogP contribution in [-0.2, 0) is 16.1 Å². The van der Waals surface area contributed by atoms with Crippen LogP contribution in [0.1, 0.15) is 11.1 Å². The molecule has 0 saturated heterocycles.